The average Bonchev–Trinajstić information content (AvgIpc) is 2.43. The van der Waals surface area contributed by atoms with Gasteiger partial charge in [0.1, 0.15) is 0 Å². The Morgan fingerprint density at radius 3 is 2.95 bits per heavy atom. The standard InChI is InChI=1S/C16H23NO2/c1-13-10-11-14-7-3-4-8-15(14)17(13)16(18)9-5-6-12-19-2/h3-4,7-8,13H,5-6,9-12H2,1-2H3. The Morgan fingerprint density at radius 1 is 1.37 bits per heavy atom. The van der Waals surface area contributed by atoms with E-state index in [0.29, 0.717) is 12.5 Å². The van der Waals surface area contributed by atoms with Crippen molar-refractivity contribution < 1.29 is 9.53 Å². The van der Waals surface area contributed by atoms with Gasteiger partial charge in [0.25, 0.3) is 0 Å². The number of anilines is 1. The second-order valence-corrected chi connectivity index (χ2v) is 5.23. The van der Waals surface area contributed by atoms with Crippen LogP contribution in [0.25, 0.3) is 0 Å². The minimum absolute atomic E-state index is 0.246. The predicted molar refractivity (Wildman–Crippen MR) is 77.4 cm³/mol. The molecule has 1 aliphatic rings. The number of hydrogen-bond acceptors (Lipinski definition) is 2. The SMILES string of the molecule is COCCCCC(=O)N1c2ccccc2CCC1C. The molecule has 1 amide bonds. The topological polar surface area (TPSA) is 29.5 Å². The van der Waals surface area contributed by atoms with Gasteiger partial charge in [-0.2, -0.15) is 0 Å². The molecule has 1 aromatic carbocycles. The first-order chi connectivity index (χ1) is 9.24. The maximum Gasteiger partial charge on any atom is 0.227 e. The van der Waals surface area contributed by atoms with Crippen molar-refractivity contribution in [2.45, 2.75) is 45.1 Å². The van der Waals surface area contributed by atoms with Gasteiger partial charge in [-0.1, -0.05) is 18.2 Å². The molecular weight excluding hydrogens is 238 g/mol. The summed E-state index contributed by atoms with van der Waals surface area (Å²) in [6.07, 6.45) is 4.60. The fraction of sp³-hybridized carbons (Fsp3) is 0.562. The first-order valence-corrected chi connectivity index (χ1v) is 7.13. The van der Waals surface area contributed by atoms with E-state index in [9.17, 15) is 4.79 Å². The molecule has 1 unspecified atom stereocenters. The Balaban J connectivity index is 2.04. The van der Waals surface area contributed by atoms with Crippen molar-refractivity contribution in [2.24, 2.45) is 0 Å². The number of carbonyl (C=O) groups excluding carboxylic acids is 1. The van der Waals surface area contributed by atoms with Crippen LogP contribution in [0.2, 0.25) is 0 Å². The minimum Gasteiger partial charge on any atom is -0.385 e. The Kier molecular flexibility index (Phi) is 4.97. The normalized spacial score (nSPS) is 18.2. The lowest BCUT2D eigenvalue weighted by Crippen LogP contribution is -2.42. The first-order valence-electron chi connectivity index (χ1n) is 7.13. The van der Waals surface area contributed by atoms with Crippen LogP contribution in [0.3, 0.4) is 0 Å². The molecule has 1 aromatic rings. The molecule has 0 N–H and O–H groups in total. The second-order valence-electron chi connectivity index (χ2n) is 5.23. The molecule has 0 saturated carbocycles. The molecule has 1 aliphatic heterocycles. The number of amides is 1. The van der Waals surface area contributed by atoms with Gasteiger partial charge in [0.2, 0.25) is 5.91 Å². The number of ether oxygens (including phenoxy) is 1. The highest BCUT2D eigenvalue weighted by molar-refractivity contribution is 5.95. The molecule has 0 saturated heterocycles. The molecule has 0 aliphatic carbocycles. The molecule has 0 bridgehead atoms. The number of para-hydroxylation sites is 1. The fourth-order valence-corrected chi connectivity index (χ4v) is 2.71. The zero-order valence-electron chi connectivity index (χ0n) is 11.9. The van der Waals surface area contributed by atoms with Crippen LogP contribution in [0.5, 0.6) is 0 Å². The van der Waals surface area contributed by atoms with Crippen molar-refractivity contribution >= 4 is 11.6 Å². The summed E-state index contributed by atoms with van der Waals surface area (Å²) in [5.74, 6) is 0.246. The van der Waals surface area contributed by atoms with Crippen LogP contribution in [0.4, 0.5) is 5.69 Å². The van der Waals surface area contributed by atoms with E-state index in [4.69, 9.17) is 4.74 Å². The number of unbranched alkanes of at least 4 members (excludes halogenated alkanes) is 1. The summed E-state index contributed by atoms with van der Waals surface area (Å²) in [6.45, 7) is 2.88. The van der Waals surface area contributed by atoms with E-state index in [-0.39, 0.29) is 5.91 Å². The van der Waals surface area contributed by atoms with Gasteiger partial charge in [-0.05, 0) is 44.2 Å². The van der Waals surface area contributed by atoms with E-state index >= 15 is 0 Å². The zero-order valence-corrected chi connectivity index (χ0v) is 11.9. The van der Waals surface area contributed by atoms with Gasteiger partial charge in [0, 0.05) is 31.9 Å². The third-order valence-corrected chi connectivity index (χ3v) is 3.78. The predicted octanol–water partition coefficient (Wildman–Crippen LogP) is 3.17. The van der Waals surface area contributed by atoms with E-state index in [1.807, 2.05) is 11.0 Å². The Bertz CT molecular complexity index is 431. The summed E-state index contributed by atoms with van der Waals surface area (Å²) in [4.78, 5) is 14.4. The van der Waals surface area contributed by atoms with Gasteiger partial charge in [0.15, 0.2) is 0 Å². The quantitative estimate of drug-likeness (QED) is 0.762. The van der Waals surface area contributed by atoms with Crippen LogP contribution in [-0.4, -0.2) is 25.7 Å². The van der Waals surface area contributed by atoms with E-state index < -0.39 is 0 Å². The largest absolute Gasteiger partial charge is 0.385 e. The van der Waals surface area contributed by atoms with Crippen molar-refractivity contribution in [2.75, 3.05) is 18.6 Å². The van der Waals surface area contributed by atoms with Gasteiger partial charge >= 0.3 is 0 Å². The highest BCUT2D eigenvalue weighted by Crippen LogP contribution is 2.31. The van der Waals surface area contributed by atoms with E-state index in [1.54, 1.807) is 7.11 Å². The number of hydrogen-bond donors (Lipinski definition) is 0. The van der Waals surface area contributed by atoms with Crippen LogP contribution in [-0.2, 0) is 16.0 Å². The van der Waals surface area contributed by atoms with Gasteiger partial charge < -0.3 is 9.64 Å². The number of carbonyl (C=O) groups is 1. The monoisotopic (exact) mass is 261 g/mol. The fourth-order valence-electron chi connectivity index (χ4n) is 2.71. The van der Waals surface area contributed by atoms with Crippen molar-refractivity contribution in [1.82, 2.24) is 0 Å². The molecule has 1 heterocycles. The average molecular weight is 261 g/mol. The van der Waals surface area contributed by atoms with Gasteiger partial charge in [-0.3, -0.25) is 4.79 Å². The van der Waals surface area contributed by atoms with Crippen LogP contribution in [0.1, 0.15) is 38.2 Å². The summed E-state index contributed by atoms with van der Waals surface area (Å²) in [5.41, 5.74) is 2.41. The number of aryl methyl sites for hydroxylation is 1. The third kappa shape index (κ3) is 3.35. The maximum atomic E-state index is 12.4. The second kappa shape index (κ2) is 6.71. The Labute approximate surface area is 115 Å². The number of nitrogens with zero attached hydrogens (tertiary/aromatic N) is 1. The number of benzene rings is 1. The summed E-state index contributed by atoms with van der Waals surface area (Å²) in [7, 11) is 1.70. The lowest BCUT2D eigenvalue weighted by molar-refractivity contribution is -0.119. The van der Waals surface area contributed by atoms with E-state index in [2.05, 4.69) is 25.1 Å². The highest BCUT2D eigenvalue weighted by Gasteiger charge is 2.27. The molecule has 0 aromatic heterocycles. The van der Waals surface area contributed by atoms with E-state index in [1.165, 1.54) is 5.56 Å². The molecule has 3 nitrogen and oxygen atoms in total. The molecule has 0 fully saturated rings. The maximum absolute atomic E-state index is 12.4. The molecule has 0 spiro atoms. The van der Waals surface area contributed by atoms with Crippen molar-refractivity contribution in [3.63, 3.8) is 0 Å². The zero-order chi connectivity index (χ0) is 13.7. The van der Waals surface area contributed by atoms with Crippen molar-refractivity contribution in [3.05, 3.63) is 29.8 Å². The van der Waals surface area contributed by atoms with E-state index in [0.717, 1.165) is 38.0 Å². The van der Waals surface area contributed by atoms with Crippen LogP contribution >= 0.6 is 0 Å². The molecule has 19 heavy (non-hydrogen) atoms. The number of rotatable bonds is 5. The molecule has 0 radical (unpaired) electrons. The number of fused-ring (bicyclic) bond motifs is 1. The molecule has 2 rings (SSSR count). The van der Waals surface area contributed by atoms with Gasteiger partial charge in [0.05, 0.1) is 0 Å². The van der Waals surface area contributed by atoms with Crippen molar-refractivity contribution in [1.29, 1.82) is 0 Å². The highest BCUT2D eigenvalue weighted by atomic mass is 16.5. The Hall–Kier alpha value is -1.35. The third-order valence-electron chi connectivity index (χ3n) is 3.78. The molecule has 1 atom stereocenters. The number of methoxy groups -OCH3 is 1. The van der Waals surface area contributed by atoms with Crippen LogP contribution < -0.4 is 4.90 Å². The summed E-state index contributed by atoms with van der Waals surface area (Å²) >= 11 is 0. The summed E-state index contributed by atoms with van der Waals surface area (Å²) in [6, 6.07) is 8.58. The lowest BCUT2D eigenvalue weighted by Gasteiger charge is -2.35. The lowest BCUT2D eigenvalue weighted by atomic mass is 9.96. The van der Waals surface area contributed by atoms with Crippen LogP contribution in [0, 0.1) is 0 Å². The van der Waals surface area contributed by atoms with Crippen molar-refractivity contribution in [3.8, 4) is 0 Å². The van der Waals surface area contributed by atoms with Crippen LogP contribution in [0.15, 0.2) is 24.3 Å². The molecule has 104 valence electrons. The molecular formula is C16H23NO2. The first kappa shape index (κ1) is 14.1. The summed E-state index contributed by atoms with van der Waals surface area (Å²) < 4.78 is 5.02. The van der Waals surface area contributed by atoms with Gasteiger partial charge in [-0.15, -0.1) is 0 Å². The minimum atomic E-state index is 0.246. The summed E-state index contributed by atoms with van der Waals surface area (Å²) in [5, 5.41) is 0. The Morgan fingerprint density at radius 2 is 2.16 bits per heavy atom. The van der Waals surface area contributed by atoms with Gasteiger partial charge in [-0.25, -0.2) is 0 Å². The molecule has 3 heteroatoms. The smallest absolute Gasteiger partial charge is 0.227 e.